The van der Waals surface area contributed by atoms with Crippen LogP contribution in [0.1, 0.15) is 17.0 Å². The van der Waals surface area contributed by atoms with Crippen molar-refractivity contribution in [3.05, 3.63) is 53.7 Å². The Morgan fingerprint density at radius 1 is 0.960 bits per heavy atom. The maximum Gasteiger partial charge on any atom is 0.203 e. The van der Waals surface area contributed by atoms with E-state index in [1.165, 1.54) is 10.9 Å². The molecule has 0 fully saturated rings. The third-order valence-electron chi connectivity index (χ3n) is 4.60. The number of fused-ring (bicyclic) bond motifs is 1. The largest absolute Gasteiger partial charge is 0.493 e. The van der Waals surface area contributed by atoms with Gasteiger partial charge >= 0.3 is 0 Å². The number of nitrogens with one attached hydrogen (secondary N) is 1. The fourth-order valence-corrected chi connectivity index (χ4v) is 3.33. The first-order valence-corrected chi connectivity index (χ1v) is 8.27. The second-order valence-corrected chi connectivity index (χ2v) is 5.92. The number of rotatable bonds is 7. The first-order valence-electron chi connectivity index (χ1n) is 8.27. The molecule has 2 aromatic carbocycles. The van der Waals surface area contributed by atoms with Crippen molar-refractivity contribution in [1.29, 1.82) is 0 Å². The van der Waals surface area contributed by atoms with Crippen molar-refractivity contribution in [2.75, 3.05) is 27.9 Å². The second-order valence-electron chi connectivity index (χ2n) is 5.92. The minimum atomic E-state index is 0.106. The predicted molar refractivity (Wildman–Crippen MR) is 99.9 cm³/mol. The quantitative estimate of drug-likeness (QED) is 0.691. The van der Waals surface area contributed by atoms with E-state index in [4.69, 9.17) is 19.9 Å². The number of hydrogen-bond acceptors (Lipinski definition) is 4. The standard InChI is InChI=1S/C20H24N2O3/c1-23-18-9-8-16(19(24-2)20(18)25-3)13(11-21)10-14-12-22-17-7-5-4-6-15(14)17/h4-9,12-13,22H,10-11,21H2,1-3H3. The van der Waals surface area contributed by atoms with E-state index in [-0.39, 0.29) is 5.92 Å². The summed E-state index contributed by atoms with van der Waals surface area (Å²) in [6, 6.07) is 12.2. The summed E-state index contributed by atoms with van der Waals surface area (Å²) in [6.07, 6.45) is 2.87. The third-order valence-corrected chi connectivity index (χ3v) is 4.60. The van der Waals surface area contributed by atoms with Crippen molar-refractivity contribution in [2.24, 2.45) is 5.73 Å². The molecule has 0 bridgehead atoms. The SMILES string of the molecule is COc1ccc(C(CN)Cc2c[nH]c3ccccc23)c(OC)c1OC. The molecular formula is C20H24N2O3. The molecule has 0 radical (unpaired) electrons. The molecule has 3 rings (SSSR count). The highest BCUT2D eigenvalue weighted by Crippen LogP contribution is 2.43. The summed E-state index contributed by atoms with van der Waals surface area (Å²) in [7, 11) is 4.87. The molecule has 3 N–H and O–H groups in total. The van der Waals surface area contributed by atoms with E-state index < -0.39 is 0 Å². The summed E-state index contributed by atoms with van der Waals surface area (Å²) in [5.41, 5.74) is 9.51. The lowest BCUT2D eigenvalue weighted by molar-refractivity contribution is 0.320. The number of hydrogen-bond donors (Lipinski definition) is 2. The summed E-state index contributed by atoms with van der Waals surface area (Å²) in [5.74, 6) is 2.02. The molecule has 1 atom stereocenters. The van der Waals surface area contributed by atoms with Gasteiger partial charge in [-0.05, 0) is 30.7 Å². The average molecular weight is 340 g/mol. The van der Waals surface area contributed by atoms with Crippen LogP contribution in [0.5, 0.6) is 17.2 Å². The molecule has 0 aliphatic rings. The van der Waals surface area contributed by atoms with E-state index in [0.29, 0.717) is 23.8 Å². The molecule has 5 heteroatoms. The van der Waals surface area contributed by atoms with E-state index in [0.717, 1.165) is 17.5 Å². The van der Waals surface area contributed by atoms with Gasteiger partial charge in [-0.25, -0.2) is 0 Å². The topological polar surface area (TPSA) is 69.5 Å². The fourth-order valence-electron chi connectivity index (χ4n) is 3.33. The van der Waals surface area contributed by atoms with Crippen LogP contribution in [-0.2, 0) is 6.42 Å². The van der Waals surface area contributed by atoms with Crippen molar-refractivity contribution in [3.63, 3.8) is 0 Å². The van der Waals surface area contributed by atoms with Crippen molar-refractivity contribution < 1.29 is 14.2 Å². The Hall–Kier alpha value is -2.66. The highest BCUT2D eigenvalue weighted by atomic mass is 16.5. The van der Waals surface area contributed by atoms with Crippen LogP contribution in [0.15, 0.2) is 42.6 Å². The monoisotopic (exact) mass is 340 g/mol. The molecule has 0 aliphatic carbocycles. The molecule has 0 spiro atoms. The number of H-pyrrole nitrogens is 1. The van der Waals surface area contributed by atoms with E-state index in [2.05, 4.69) is 23.3 Å². The molecule has 0 amide bonds. The molecule has 25 heavy (non-hydrogen) atoms. The molecule has 5 nitrogen and oxygen atoms in total. The minimum Gasteiger partial charge on any atom is -0.493 e. The molecule has 0 saturated carbocycles. The van der Waals surface area contributed by atoms with E-state index >= 15 is 0 Å². The van der Waals surface area contributed by atoms with Crippen LogP contribution in [0.3, 0.4) is 0 Å². The maximum atomic E-state index is 6.11. The van der Waals surface area contributed by atoms with Crippen LogP contribution in [0.25, 0.3) is 10.9 Å². The van der Waals surface area contributed by atoms with Gasteiger partial charge in [-0.3, -0.25) is 0 Å². The number of para-hydroxylation sites is 1. The number of benzene rings is 2. The van der Waals surface area contributed by atoms with Crippen LogP contribution < -0.4 is 19.9 Å². The Kier molecular flexibility index (Phi) is 5.14. The Morgan fingerprint density at radius 2 is 1.72 bits per heavy atom. The van der Waals surface area contributed by atoms with Gasteiger partial charge in [0.2, 0.25) is 5.75 Å². The summed E-state index contributed by atoms with van der Waals surface area (Å²) >= 11 is 0. The summed E-state index contributed by atoms with van der Waals surface area (Å²) in [5, 5.41) is 1.22. The molecule has 0 saturated heterocycles. The smallest absolute Gasteiger partial charge is 0.203 e. The maximum absolute atomic E-state index is 6.11. The first-order chi connectivity index (χ1) is 12.2. The number of ether oxygens (including phenoxy) is 3. The Balaban J connectivity index is 2.01. The molecule has 1 aromatic heterocycles. The summed E-state index contributed by atoms with van der Waals surface area (Å²) < 4.78 is 16.5. The van der Waals surface area contributed by atoms with Crippen molar-refractivity contribution in [2.45, 2.75) is 12.3 Å². The molecule has 0 aliphatic heterocycles. The fraction of sp³-hybridized carbons (Fsp3) is 0.300. The molecular weight excluding hydrogens is 316 g/mol. The van der Waals surface area contributed by atoms with Crippen LogP contribution in [-0.4, -0.2) is 32.9 Å². The lowest BCUT2D eigenvalue weighted by Crippen LogP contribution is -2.16. The van der Waals surface area contributed by atoms with Gasteiger partial charge in [-0.1, -0.05) is 24.3 Å². The van der Waals surface area contributed by atoms with Gasteiger partial charge < -0.3 is 24.9 Å². The molecule has 1 unspecified atom stereocenters. The van der Waals surface area contributed by atoms with Gasteiger partial charge in [-0.2, -0.15) is 0 Å². The molecule has 132 valence electrons. The lowest BCUT2D eigenvalue weighted by Gasteiger charge is -2.21. The van der Waals surface area contributed by atoms with E-state index in [1.54, 1.807) is 21.3 Å². The van der Waals surface area contributed by atoms with Gasteiger partial charge in [0, 0.05) is 28.6 Å². The summed E-state index contributed by atoms with van der Waals surface area (Å²) in [4.78, 5) is 3.32. The Labute approximate surface area is 147 Å². The van der Waals surface area contributed by atoms with Gasteiger partial charge in [0.05, 0.1) is 21.3 Å². The van der Waals surface area contributed by atoms with Gasteiger partial charge in [0.1, 0.15) is 0 Å². The highest BCUT2D eigenvalue weighted by molar-refractivity contribution is 5.83. The first kappa shape index (κ1) is 17.2. The van der Waals surface area contributed by atoms with Gasteiger partial charge in [0.25, 0.3) is 0 Å². The van der Waals surface area contributed by atoms with Crippen molar-refractivity contribution >= 4 is 10.9 Å². The Bertz CT molecular complexity index is 857. The zero-order valence-electron chi connectivity index (χ0n) is 14.8. The molecule has 1 heterocycles. The van der Waals surface area contributed by atoms with Crippen LogP contribution in [0, 0.1) is 0 Å². The Morgan fingerprint density at radius 3 is 2.40 bits per heavy atom. The zero-order valence-corrected chi connectivity index (χ0v) is 14.8. The van der Waals surface area contributed by atoms with Crippen molar-refractivity contribution in [1.82, 2.24) is 4.98 Å². The van der Waals surface area contributed by atoms with E-state index in [9.17, 15) is 0 Å². The number of aromatic nitrogens is 1. The number of methoxy groups -OCH3 is 3. The normalized spacial score (nSPS) is 12.2. The zero-order chi connectivity index (χ0) is 17.8. The van der Waals surface area contributed by atoms with Crippen LogP contribution >= 0.6 is 0 Å². The third kappa shape index (κ3) is 3.15. The van der Waals surface area contributed by atoms with Gasteiger partial charge in [0.15, 0.2) is 11.5 Å². The number of nitrogens with two attached hydrogens (primary N) is 1. The average Bonchev–Trinajstić information content (AvgIpc) is 3.07. The number of aromatic amines is 1. The van der Waals surface area contributed by atoms with Crippen molar-refractivity contribution in [3.8, 4) is 17.2 Å². The lowest BCUT2D eigenvalue weighted by atomic mass is 9.90. The highest BCUT2D eigenvalue weighted by Gasteiger charge is 2.22. The summed E-state index contributed by atoms with van der Waals surface area (Å²) in [6.45, 7) is 0.505. The predicted octanol–water partition coefficient (Wildman–Crippen LogP) is 3.48. The van der Waals surface area contributed by atoms with Crippen LogP contribution in [0.2, 0.25) is 0 Å². The minimum absolute atomic E-state index is 0.106. The van der Waals surface area contributed by atoms with Gasteiger partial charge in [-0.15, -0.1) is 0 Å². The second kappa shape index (κ2) is 7.49. The van der Waals surface area contributed by atoms with Crippen LogP contribution in [0.4, 0.5) is 0 Å². The van der Waals surface area contributed by atoms with E-state index in [1.807, 2.05) is 24.3 Å². The molecule has 3 aromatic rings.